The van der Waals surface area contributed by atoms with Gasteiger partial charge in [0.25, 0.3) is 0 Å². The maximum absolute atomic E-state index is 10.8. The Kier molecular flexibility index (Phi) is 1.70. The van der Waals surface area contributed by atoms with E-state index in [1.165, 1.54) is 24.1 Å². The van der Waals surface area contributed by atoms with E-state index in [0.717, 1.165) is 25.8 Å². The first-order valence-corrected chi connectivity index (χ1v) is 5.16. The third-order valence-corrected chi connectivity index (χ3v) is 3.00. The van der Waals surface area contributed by atoms with Gasteiger partial charge in [0.05, 0.1) is 11.7 Å². The van der Waals surface area contributed by atoms with Crippen molar-refractivity contribution in [3.8, 4) is 0 Å². The van der Waals surface area contributed by atoms with E-state index in [1.54, 1.807) is 0 Å². The Hall–Kier alpha value is -1.16. The number of nitrogens with zero attached hydrogens (tertiary/aromatic N) is 2. The van der Waals surface area contributed by atoms with Gasteiger partial charge in [-0.3, -0.25) is 9.48 Å². The fraction of sp³-hybridized carbons (Fsp3) is 0.600. The van der Waals surface area contributed by atoms with Gasteiger partial charge in [0.1, 0.15) is 5.69 Å². The van der Waals surface area contributed by atoms with Gasteiger partial charge in [0, 0.05) is 12.1 Å². The maximum Gasteiger partial charge on any atom is 0.170 e. The topological polar surface area (TPSA) is 46.9 Å². The van der Waals surface area contributed by atoms with E-state index in [4.69, 9.17) is 0 Å². The second-order valence-corrected chi connectivity index (χ2v) is 4.03. The van der Waals surface area contributed by atoms with Gasteiger partial charge in [-0.1, -0.05) is 0 Å². The highest BCUT2D eigenvalue weighted by Crippen LogP contribution is 2.37. The van der Waals surface area contributed by atoms with Gasteiger partial charge in [0.15, 0.2) is 6.29 Å². The Morgan fingerprint density at radius 1 is 1.50 bits per heavy atom. The molecule has 1 aromatic rings. The molecule has 0 saturated heterocycles. The summed E-state index contributed by atoms with van der Waals surface area (Å²) in [7, 11) is 0. The van der Waals surface area contributed by atoms with E-state index >= 15 is 0 Å². The normalized spacial score (nSPS) is 20.6. The SMILES string of the molecule is O=Cc1nn(C2CC2)c2c1CCNC2. The molecule has 0 amide bonds. The Morgan fingerprint density at radius 2 is 2.36 bits per heavy atom. The van der Waals surface area contributed by atoms with Gasteiger partial charge >= 0.3 is 0 Å². The van der Waals surface area contributed by atoms with Crippen LogP contribution in [0.5, 0.6) is 0 Å². The number of carbonyl (C=O) groups is 1. The minimum absolute atomic E-state index is 0.567. The van der Waals surface area contributed by atoms with Crippen LogP contribution in [0.4, 0.5) is 0 Å². The number of aldehydes is 1. The molecule has 1 aliphatic carbocycles. The number of nitrogens with one attached hydrogen (secondary N) is 1. The van der Waals surface area contributed by atoms with Gasteiger partial charge in [-0.25, -0.2) is 0 Å². The minimum Gasteiger partial charge on any atom is -0.311 e. The molecule has 74 valence electrons. The van der Waals surface area contributed by atoms with Gasteiger partial charge in [-0.2, -0.15) is 5.10 Å². The fourth-order valence-electron chi connectivity index (χ4n) is 2.12. The zero-order chi connectivity index (χ0) is 9.54. The van der Waals surface area contributed by atoms with Crippen molar-refractivity contribution in [2.24, 2.45) is 0 Å². The molecule has 2 aliphatic rings. The van der Waals surface area contributed by atoms with Crippen molar-refractivity contribution >= 4 is 6.29 Å². The molecule has 0 aromatic carbocycles. The van der Waals surface area contributed by atoms with Gasteiger partial charge in [-0.05, 0) is 25.8 Å². The number of aromatic nitrogens is 2. The summed E-state index contributed by atoms with van der Waals surface area (Å²) in [4.78, 5) is 10.8. The summed E-state index contributed by atoms with van der Waals surface area (Å²) in [6.07, 6.45) is 4.26. The monoisotopic (exact) mass is 191 g/mol. The van der Waals surface area contributed by atoms with E-state index in [-0.39, 0.29) is 0 Å². The van der Waals surface area contributed by atoms with E-state index < -0.39 is 0 Å². The lowest BCUT2D eigenvalue weighted by Gasteiger charge is -2.14. The van der Waals surface area contributed by atoms with E-state index in [9.17, 15) is 4.79 Å². The molecule has 2 heterocycles. The molecule has 1 aromatic heterocycles. The molecule has 1 saturated carbocycles. The summed E-state index contributed by atoms with van der Waals surface area (Å²) in [6, 6.07) is 0.567. The summed E-state index contributed by atoms with van der Waals surface area (Å²) < 4.78 is 2.06. The standard InChI is InChI=1S/C10H13N3O/c14-6-9-8-3-4-11-5-10(8)13(12-9)7-1-2-7/h6-7,11H,1-5H2. The van der Waals surface area contributed by atoms with Crippen LogP contribution in [-0.2, 0) is 13.0 Å². The summed E-state index contributed by atoms with van der Waals surface area (Å²) >= 11 is 0. The summed E-state index contributed by atoms with van der Waals surface area (Å²) in [5.74, 6) is 0. The molecule has 0 radical (unpaired) electrons. The van der Waals surface area contributed by atoms with Gasteiger partial charge in [-0.15, -0.1) is 0 Å². The molecule has 4 nitrogen and oxygen atoms in total. The van der Waals surface area contributed by atoms with Crippen LogP contribution < -0.4 is 5.32 Å². The van der Waals surface area contributed by atoms with Crippen LogP contribution in [0, 0.1) is 0 Å². The van der Waals surface area contributed by atoms with Crippen LogP contribution >= 0.6 is 0 Å². The highest BCUT2D eigenvalue weighted by molar-refractivity contribution is 5.75. The van der Waals surface area contributed by atoms with Crippen molar-refractivity contribution < 1.29 is 4.79 Å². The highest BCUT2D eigenvalue weighted by atomic mass is 16.1. The Labute approximate surface area is 82.3 Å². The third-order valence-electron chi connectivity index (χ3n) is 3.00. The molecule has 14 heavy (non-hydrogen) atoms. The molecule has 0 bridgehead atoms. The van der Waals surface area contributed by atoms with Crippen LogP contribution in [0.2, 0.25) is 0 Å². The van der Waals surface area contributed by atoms with Crippen LogP contribution in [0.15, 0.2) is 0 Å². The van der Waals surface area contributed by atoms with Crippen molar-refractivity contribution in [3.05, 3.63) is 17.0 Å². The molecule has 0 unspecified atom stereocenters. The third kappa shape index (κ3) is 1.10. The van der Waals surface area contributed by atoms with Crippen molar-refractivity contribution in [1.29, 1.82) is 0 Å². The number of hydrogen-bond acceptors (Lipinski definition) is 3. The lowest BCUT2D eigenvalue weighted by Crippen LogP contribution is -2.25. The van der Waals surface area contributed by atoms with Crippen molar-refractivity contribution in [2.75, 3.05) is 6.54 Å². The lowest BCUT2D eigenvalue weighted by molar-refractivity contribution is 0.111. The average Bonchev–Trinajstić information content (AvgIpc) is 3.00. The predicted molar refractivity (Wildman–Crippen MR) is 51.3 cm³/mol. The number of fused-ring (bicyclic) bond motifs is 1. The van der Waals surface area contributed by atoms with E-state index in [2.05, 4.69) is 15.1 Å². The maximum atomic E-state index is 10.8. The highest BCUT2D eigenvalue weighted by Gasteiger charge is 2.30. The minimum atomic E-state index is 0.567. The van der Waals surface area contributed by atoms with Crippen LogP contribution in [0.3, 0.4) is 0 Å². The first kappa shape index (κ1) is 8.17. The Balaban J connectivity index is 2.11. The zero-order valence-electron chi connectivity index (χ0n) is 7.99. The molecule has 0 atom stereocenters. The number of carbonyl (C=O) groups excluding carboxylic acids is 1. The first-order valence-electron chi connectivity index (χ1n) is 5.16. The second-order valence-electron chi connectivity index (χ2n) is 4.03. The van der Waals surface area contributed by atoms with Crippen LogP contribution in [-0.4, -0.2) is 22.6 Å². The lowest BCUT2D eigenvalue weighted by atomic mass is 10.1. The van der Waals surface area contributed by atoms with Crippen LogP contribution in [0.25, 0.3) is 0 Å². The van der Waals surface area contributed by atoms with Crippen molar-refractivity contribution in [2.45, 2.75) is 31.8 Å². The summed E-state index contributed by atoms with van der Waals surface area (Å²) in [6.45, 7) is 1.83. The zero-order valence-corrected chi connectivity index (χ0v) is 7.99. The molecule has 1 N–H and O–H groups in total. The van der Waals surface area contributed by atoms with Crippen molar-refractivity contribution in [1.82, 2.24) is 15.1 Å². The molecular weight excluding hydrogens is 178 g/mol. The summed E-state index contributed by atoms with van der Waals surface area (Å²) in [5.41, 5.74) is 3.07. The quantitative estimate of drug-likeness (QED) is 0.699. The van der Waals surface area contributed by atoms with Gasteiger partial charge in [0.2, 0.25) is 0 Å². The smallest absolute Gasteiger partial charge is 0.170 e. The molecule has 1 aliphatic heterocycles. The molecule has 4 heteroatoms. The van der Waals surface area contributed by atoms with E-state index in [0.29, 0.717) is 11.7 Å². The van der Waals surface area contributed by atoms with E-state index in [1.807, 2.05) is 0 Å². The molecule has 3 rings (SSSR count). The molecular formula is C10H13N3O. The fourth-order valence-corrected chi connectivity index (χ4v) is 2.12. The Bertz CT molecular complexity index is 379. The number of rotatable bonds is 2. The summed E-state index contributed by atoms with van der Waals surface area (Å²) in [5, 5.41) is 7.71. The van der Waals surface area contributed by atoms with Crippen LogP contribution in [0.1, 0.15) is 40.6 Å². The number of hydrogen-bond donors (Lipinski definition) is 1. The Morgan fingerprint density at radius 3 is 3.07 bits per heavy atom. The first-order chi connectivity index (χ1) is 6.90. The molecule has 1 fully saturated rings. The van der Waals surface area contributed by atoms with Gasteiger partial charge < -0.3 is 5.32 Å². The second kappa shape index (κ2) is 2.92. The van der Waals surface area contributed by atoms with Crippen molar-refractivity contribution in [3.63, 3.8) is 0 Å². The average molecular weight is 191 g/mol. The predicted octanol–water partition coefficient (Wildman–Crippen LogP) is 0.676. The largest absolute Gasteiger partial charge is 0.311 e. The molecule has 0 spiro atoms.